The first kappa shape index (κ1) is 20.0. The monoisotopic (exact) mass is 321 g/mol. The summed E-state index contributed by atoms with van der Waals surface area (Å²) in [5, 5.41) is 10.5. The van der Waals surface area contributed by atoms with Crippen molar-refractivity contribution in [2.75, 3.05) is 26.2 Å². The lowest BCUT2D eigenvalue weighted by Gasteiger charge is -2.25. The maximum absolute atomic E-state index is 10.5. The van der Waals surface area contributed by atoms with Crippen LogP contribution in [0, 0.1) is 0 Å². The van der Waals surface area contributed by atoms with Crippen molar-refractivity contribution < 1.29 is 9.84 Å². The first-order chi connectivity index (χ1) is 11.2. The van der Waals surface area contributed by atoms with Gasteiger partial charge in [0.05, 0.1) is 12.7 Å². The van der Waals surface area contributed by atoms with Crippen LogP contribution in [0.25, 0.3) is 0 Å². The van der Waals surface area contributed by atoms with Gasteiger partial charge in [0.15, 0.2) is 0 Å². The number of nitrogens with zero attached hydrogens (tertiary/aromatic N) is 1. The summed E-state index contributed by atoms with van der Waals surface area (Å²) in [6.45, 7) is 10.0. The van der Waals surface area contributed by atoms with Crippen LogP contribution in [-0.2, 0) is 0 Å². The summed E-state index contributed by atoms with van der Waals surface area (Å²) in [5.41, 5.74) is 0.976. The summed E-state index contributed by atoms with van der Waals surface area (Å²) in [5.74, 6) is 0.867. The molecule has 0 amide bonds. The van der Waals surface area contributed by atoms with Gasteiger partial charge in [0.2, 0.25) is 0 Å². The van der Waals surface area contributed by atoms with Gasteiger partial charge in [-0.3, -0.25) is 0 Å². The summed E-state index contributed by atoms with van der Waals surface area (Å²) in [6, 6.07) is 7.85. The standard InChI is InChI=1S/C20H35NO2/c1-4-7-9-15-21(16-10-8-5-2)17-20(22)18-11-13-19(14-12-18)23-6-3/h11-14,20,22H,4-10,15-17H2,1-3H3. The zero-order valence-electron chi connectivity index (χ0n) is 15.3. The van der Waals surface area contributed by atoms with E-state index in [1.807, 2.05) is 31.2 Å². The Hall–Kier alpha value is -1.06. The molecule has 0 aliphatic carbocycles. The van der Waals surface area contributed by atoms with Crippen LogP contribution in [0.4, 0.5) is 0 Å². The van der Waals surface area contributed by atoms with E-state index in [1.165, 1.54) is 38.5 Å². The number of hydrogen-bond acceptors (Lipinski definition) is 3. The van der Waals surface area contributed by atoms with E-state index in [-0.39, 0.29) is 0 Å². The fraction of sp³-hybridized carbons (Fsp3) is 0.700. The lowest BCUT2D eigenvalue weighted by Crippen LogP contribution is -2.30. The molecule has 0 aliphatic heterocycles. The lowest BCUT2D eigenvalue weighted by molar-refractivity contribution is 0.110. The van der Waals surface area contributed by atoms with Crippen molar-refractivity contribution in [3.05, 3.63) is 29.8 Å². The van der Waals surface area contributed by atoms with Crippen LogP contribution in [0.1, 0.15) is 71.0 Å². The average molecular weight is 322 g/mol. The van der Waals surface area contributed by atoms with Crippen LogP contribution < -0.4 is 4.74 Å². The molecule has 0 aliphatic rings. The molecule has 0 saturated carbocycles. The Labute approximate surface area is 142 Å². The van der Waals surface area contributed by atoms with E-state index < -0.39 is 6.10 Å². The maximum atomic E-state index is 10.5. The molecule has 0 heterocycles. The molecular weight excluding hydrogens is 286 g/mol. The van der Waals surface area contributed by atoms with Gasteiger partial charge >= 0.3 is 0 Å². The quantitative estimate of drug-likeness (QED) is 0.530. The Morgan fingerprint density at radius 1 is 0.913 bits per heavy atom. The number of aliphatic hydroxyl groups excluding tert-OH is 1. The van der Waals surface area contributed by atoms with Gasteiger partial charge in [-0.15, -0.1) is 0 Å². The molecule has 1 aromatic carbocycles. The zero-order chi connectivity index (χ0) is 16.9. The van der Waals surface area contributed by atoms with Gasteiger partial charge in [-0.2, -0.15) is 0 Å². The summed E-state index contributed by atoms with van der Waals surface area (Å²) >= 11 is 0. The number of rotatable bonds is 13. The largest absolute Gasteiger partial charge is 0.494 e. The summed E-state index contributed by atoms with van der Waals surface area (Å²) < 4.78 is 5.46. The van der Waals surface area contributed by atoms with E-state index in [2.05, 4.69) is 18.7 Å². The molecule has 0 radical (unpaired) electrons. The van der Waals surface area contributed by atoms with Crippen molar-refractivity contribution >= 4 is 0 Å². The smallest absolute Gasteiger partial charge is 0.119 e. The second-order valence-electron chi connectivity index (χ2n) is 6.23. The van der Waals surface area contributed by atoms with Crippen molar-refractivity contribution in [1.82, 2.24) is 4.90 Å². The van der Waals surface area contributed by atoms with E-state index >= 15 is 0 Å². The second-order valence-corrected chi connectivity index (χ2v) is 6.23. The number of aliphatic hydroxyl groups is 1. The molecule has 1 rings (SSSR count). The topological polar surface area (TPSA) is 32.7 Å². The van der Waals surface area contributed by atoms with Crippen molar-refractivity contribution in [1.29, 1.82) is 0 Å². The van der Waals surface area contributed by atoms with Gasteiger partial charge < -0.3 is 14.7 Å². The van der Waals surface area contributed by atoms with Crippen LogP contribution in [0.3, 0.4) is 0 Å². The molecule has 132 valence electrons. The molecule has 0 bridgehead atoms. The third kappa shape index (κ3) is 8.38. The molecule has 3 heteroatoms. The molecule has 0 spiro atoms. The van der Waals surface area contributed by atoms with E-state index in [4.69, 9.17) is 4.74 Å². The summed E-state index contributed by atoms with van der Waals surface area (Å²) in [7, 11) is 0. The van der Waals surface area contributed by atoms with Gasteiger partial charge in [-0.1, -0.05) is 51.7 Å². The van der Waals surface area contributed by atoms with Gasteiger partial charge in [-0.25, -0.2) is 0 Å². The average Bonchev–Trinajstić information content (AvgIpc) is 2.56. The Morgan fingerprint density at radius 3 is 1.96 bits per heavy atom. The minimum Gasteiger partial charge on any atom is -0.494 e. The molecule has 3 nitrogen and oxygen atoms in total. The fourth-order valence-electron chi connectivity index (χ4n) is 2.77. The van der Waals surface area contributed by atoms with Crippen LogP contribution in [-0.4, -0.2) is 36.2 Å². The predicted molar refractivity (Wildman–Crippen MR) is 98.1 cm³/mol. The van der Waals surface area contributed by atoms with Crippen LogP contribution in [0.15, 0.2) is 24.3 Å². The lowest BCUT2D eigenvalue weighted by atomic mass is 10.1. The van der Waals surface area contributed by atoms with Crippen LogP contribution in [0.2, 0.25) is 0 Å². The number of ether oxygens (including phenoxy) is 1. The third-order valence-electron chi connectivity index (χ3n) is 4.16. The van der Waals surface area contributed by atoms with Crippen molar-refractivity contribution in [2.45, 2.75) is 65.4 Å². The minimum atomic E-state index is -0.422. The van der Waals surface area contributed by atoms with Gasteiger partial charge in [0.1, 0.15) is 5.75 Å². The first-order valence-electron chi connectivity index (χ1n) is 9.34. The van der Waals surface area contributed by atoms with Gasteiger partial charge in [0, 0.05) is 6.54 Å². The molecule has 0 fully saturated rings. The normalized spacial score (nSPS) is 12.6. The van der Waals surface area contributed by atoms with E-state index in [0.29, 0.717) is 6.61 Å². The second kappa shape index (κ2) is 12.4. The summed E-state index contributed by atoms with van der Waals surface area (Å²) in [6.07, 6.45) is 7.03. The Kier molecular flexibility index (Phi) is 10.8. The van der Waals surface area contributed by atoms with Gasteiger partial charge in [-0.05, 0) is 50.6 Å². The number of unbranched alkanes of at least 4 members (excludes halogenated alkanes) is 4. The minimum absolute atomic E-state index is 0.422. The van der Waals surface area contributed by atoms with E-state index in [9.17, 15) is 5.11 Å². The molecule has 0 saturated heterocycles. The first-order valence-corrected chi connectivity index (χ1v) is 9.34. The molecular formula is C20H35NO2. The third-order valence-corrected chi connectivity index (χ3v) is 4.16. The molecule has 1 aromatic rings. The highest BCUT2D eigenvalue weighted by molar-refractivity contribution is 5.28. The summed E-state index contributed by atoms with van der Waals surface area (Å²) in [4.78, 5) is 2.42. The maximum Gasteiger partial charge on any atom is 0.119 e. The van der Waals surface area contributed by atoms with Crippen LogP contribution in [0.5, 0.6) is 5.75 Å². The Bertz CT molecular complexity index is 381. The van der Waals surface area contributed by atoms with E-state index in [0.717, 1.165) is 30.9 Å². The van der Waals surface area contributed by atoms with Crippen molar-refractivity contribution in [3.63, 3.8) is 0 Å². The Morgan fingerprint density at radius 2 is 1.48 bits per heavy atom. The molecule has 0 aromatic heterocycles. The molecule has 1 unspecified atom stereocenters. The predicted octanol–water partition coefficient (Wildman–Crippen LogP) is 4.80. The SMILES string of the molecule is CCCCCN(CCCCC)CC(O)c1ccc(OCC)cc1. The molecule has 1 N–H and O–H groups in total. The van der Waals surface area contributed by atoms with Gasteiger partial charge in [0.25, 0.3) is 0 Å². The van der Waals surface area contributed by atoms with E-state index in [1.54, 1.807) is 0 Å². The number of benzene rings is 1. The number of hydrogen-bond donors (Lipinski definition) is 1. The van der Waals surface area contributed by atoms with Crippen molar-refractivity contribution in [2.24, 2.45) is 0 Å². The highest BCUT2D eigenvalue weighted by Gasteiger charge is 2.13. The highest BCUT2D eigenvalue weighted by Crippen LogP contribution is 2.19. The molecule has 1 atom stereocenters. The molecule has 23 heavy (non-hydrogen) atoms. The zero-order valence-corrected chi connectivity index (χ0v) is 15.3. The fourth-order valence-corrected chi connectivity index (χ4v) is 2.77. The Balaban J connectivity index is 2.53. The highest BCUT2D eigenvalue weighted by atomic mass is 16.5. The van der Waals surface area contributed by atoms with Crippen LogP contribution >= 0.6 is 0 Å². The van der Waals surface area contributed by atoms with Crippen molar-refractivity contribution in [3.8, 4) is 5.75 Å².